The van der Waals surface area contributed by atoms with Crippen LogP contribution in [0.3, 0.4) is 0 Å². The van der Waals surface area contributed by atoms with Crippen LogP contribution in [0, 0.1) is 6.92 Å². The third kappa shape index (κ3) is 5.45. The van der Waals surface area contributed by atoms with Gasteiger partial charge in [0.2, 0.25) is 0 Å². The number of carbonyl (C=O) groups is 1. The minimum Gasteiger partial charge on any atom is -0.385 e. The van der Waals surface area contributed by atoms with Crippen molar-refractivity contribution in [1.29, 1.82) is 0 Å². The fourth-order valence-corrected chi connectivity index (χ4v) is 2.56. The SMILES string of the molecule is CCCNc1ccc(C(=O)NC(C)CCSC)c(C)c1. The first-order valence-electron chi connectivity index (χ1n) is 7.22. The molecule has 0 saturated carbocycles. The van der Waals surface area contributed by atoms with Crippen LogP contribution in [0.25, 0.3) is 0 Å². The van der Waals surface area contributed by atoms with Gasteiger partial charge in [-0.25, -0.2) is 0 Å². The molecular weight excluding hydrogens is 268 g/mol. The van der Waals surface area contributed by atoms with Crippen molar-refractivity contribution < 1.29 is 4.79 Å². The van der Waals surface area contributed by atoms with Gasteiger partial charge in [-0.2, -0.15) is 11.8 Å². The normalized spacial score (nSPS) is 12.0. The summed E-state index contributed by atoms with van der Waals surface area (Å²) in [6.45, 7) is 7.13. The van der Waals surface area contributed by atoms with E-state index in [0.29, 0.717) is 0 Å². The number of amides is 1. The van der Waals surface area contributed by atoms with Crippen molar-refractivity contribution in [2.45, 2.75) is 39.7 Å². The zero-order chi connectivity index (χ0) is 15.0. The van der Waals surface area contributed by atoms with Crippen molar-refractivity contribution in [2.24, 2.45) is 0 Å². The quantitative estimate of drug-likeness (QED) is 0.768. The third-order valence-electron chi connectivity index (χ3n) is 3.18. The first-order valence-corrected chi connectivity index (χ1v) is 8.62. The fourth-order valence-electron chi connectivity index (χ4n) is 1.97. The molecule has 0 aromatic heterocycles. The van der Waals surface area contributed by atoms with Crippen LogP contribution in [-0.2, 0) is 0 Å². The van der Waals surface area contributed by atoms with Gasteiger partial charge in [0.15, 0.2) is 0 Å². The lowest BCUT2D eigenvalue weighted by atomic mass is 10.1. The Kier molecular flexibility index (Phi) is 7.52. The maximum Gasteiger partial charge on any atom is 0.251 e. The largest absolute Gasteiger partial charge is 0.385 e. The lowest BCUT2D eigenvalue weighted by Crippen LogP contribution is -2.33. The second kappa shape index (κ2) is 8.90. The minimum atomic E-state index is 0.0261. The summed E-state index contributed by atoms with van der Waals surface area (Å²) in [5, 5.41) is 6.40. The van der Waals surface area contributed by atoms with Crippen molar-refractivity contribution in [3.8, 4) is 0 Å². The highest BCUT2D eigenvalue weighted by Gasteiger charge is 2.12. The smallest absolute Gasteiger partial charge is 0.251 e. The molecule has 0 radical (unpaired) electrons. The predicted octanol–water partition coefficient (Wildman–Crippen LogP) is 3.69. The van der Waals surface area contributed by atoms with E-state index in [4.69, 9.17) is 0 Å². The molecule has 1 aromatic carbocycles. The molecule has 4 heteroatoms. The van der Waals surface area contributed by atoms with Gasteiger partial charge in [0.1, 0.15) is 0 Å². The molecule has 0 bridgehead atoms. The zero-order valence-corrected chi connectivity index (χ0v) is 13.8. The molecule has 112 valence electrons. The van der Waals surface area contributed by atoms with E-state index in [1.54, 1.807) is 11.8 Å². The summed E-state index contributed by atoms with van der Waals surface area (Å²) in [5.41, 5.74) is 2.86. The number of aryl methyl sites for hydroxylation is 1. The van der Waals surface area contributed by atoms with Gasteiger partial charge in [-0.15, -0.1) is 0 Å². The van der Waals surface area contributed by atoms with Gasteiger partial charge in [-0.05, 0) is 62.5 Å². The standard InChI is InChI=1S/C16H26N2OS/c1-5-9-17-14-6-7-15(12(2)11-14)16(19)18-13(3)8-10-20-4/h6-7,11,13,17H,5,8-10H2,1-4H3,(H,18,19). The fraction of sp³-hybridized carbons (Fsp3) is 0.562. The molecule has 1 aromatic rings. The monoisotopic (exact) mass is 294 g/mol. The Morgan fingerprint density at radius 1 is 1.40 bits per heavy atom. The van der Waals surface area contributed by atoms with E-state index in [1.165, 1.54) is 0 Å². The Hall–Kier alpha value is -1.16. The summed E-state index contributed by atoms with van der Waals surface area (Å²) < 4.78 is 0. The molecular formula is C16H26N2OS. The van der Waals surface area contributed by atoms with E-state index in [0.717, 1.165) is 42.0 Å². The first kappa shape index (κ1) is 16.9. The van der Waals surface area contributed by atoms with E-state index < -0.39 is 0 Å². The Bertz CT molecular complexity index is 434. The number of hydrogen-bond donors (Lipinski definition) is 2. The maximum absolute atomic E-state index is 12.2. The van der Waals surface area contributed by atoms with Crippen LogP contribution < -0.4 is 10.6 Å². The molecule has 0 saturated heterocycles. The molecule has 2 N–H and O–H groups in total. The van der Waals surface area contributed by atoms with Crippen LogP contribution in [0.5, 0.6) is 0 Å². The van der Waals surface area contributed by atoms with Gasteiger partial charge in [0.25, 0.3) is 5.91 Å². The van der Waals surface area contributed by atoms with Gasteiger partial charge >= 0.3 is 0 Å². The van der Waals surface area contributed by atoms with Gasteiger partial charge in [-0.1, -0.05) is 6.92 Å². The van der Waals surface area contributed by atoms with Crippen LogP contribution in [0.1, 0.15) is 42.6 Å². The number of rotatable bonds is 8. The maximum atomic E-state index is 12.2. The van der Waals surface area contributed by atoms with Crippen molar-refractivity contribution in [1.82, 2.24) is 5.32 Å². The number of carbonyl (C=O) groups excluding carboxylic acids is 1. The molecule has 1 atom stereocenters. The van der Waals surface area contributed by atoms with Crippen molar-refractivity contribution in [2.75, 3.05) is 23.9 Å². The first-order chi connectivity index (χ1) is 9.58. The molecule has 1 rings (SSSR count). The van der Waals surface area contributed by atoms with E-state index in [9.17, 15) is 4.79 Å². The van der Waals surface area contributed by atoms with E-state index in [2.05, 4.69) is 30.7 Å². The van der Waals surface area contributed by atoms with Crippen LogP contribution in [-0.4, -0.2) is 30.5 Å². The molecule has 0 aliphatic heterocycles. The molecule has 0 spiro atoms. The molecule has 0 aliphatic carbocycles. The Morgan fingerprint density at radius 3 is 2.75 bits per heavy atom. The second-order valence-corrected chi connectivity index (χ2v) is 6.10. The van der Waals surface area contributed by atoms with Gasteiger partial charge < -0.3 is 10.6 Å². The lowest BCUT2D eigenvalue weighted by molar-refractivity contribution is 0.0939. The minimum absolute atomic E-state index is 0.0261. The highest BCUT2D eigenvalue weighted by atomic mass is 32.2. The predicted molar refractivity (Wildman–Crippen MR) is 89.9 cm³/mol. The zero-order valence-electron chi connectivity index (χ0n) is 13.0. The summed E-state index contributed by atoms with van der Waals surface area (Å²) in [6, 6.07) is 6.14. The molecule has 0 heterocycles. The van der Waals surface area contributed by atoms with Crippen LogP contribution in [0.4, 0.5) is 5.69 Å². The van der Waals surface area contributed by atoms with Gasteiger partial charge in [0, 0.05) is 23.8 Å². The average Bonchev–Trinajstić information content (AvgIpc) is 2.42. The van der Waals surface area contributed by atoms with Crippen LogP contribution in [0.2, 0.25) is 0 Å². The van der Waals surface area contributed by atoms with E-state index >= 15 is 0 Å². The van der Waals surface area contributed by atoms with Crippen LogP contribution >= 0.6 is 11.8 Å². The van der Waals surface area contributed by atoms with E-state index in [-0.39, 0.29) is 11.9 Å². The molecule has 0 aliphatic rings. The summed E-state index contributed by atoms with van der Waals surface area (Å²) in [5.74, 6) is 1.10. The molecule has 1 amide bonds. The van der Waals surface area contributed by atoms with Crippen molar-refractivity contribution in [3.63, 3.8) is 0 Å². The second-order valence-electron chi connectivity index (χ2n) is 5.11. The van der Waals surface area contributed by atoms with Gasteiger partial charge in [-0.3, -0.25) is 4.79 Å². The van der Waals surface area contributed by atoms with Gasteiger partial charge in [0.05, 0.1) is 0 Å². The number of anilines is 1. The topological polar surface area (TPSA) is 41.1 Å². The van der Waals surface area contributed by atoms with Crippen molar-refractivity contribution in [3.05, 3.63) is 29.3 Å². The summed E-state index contributed by atoms with van der Waals surface area (Å²) >= 11 is 1.81. The lowest BCUT2D eigenvalue weighted by Gasteiger charge is -2.15. The summed E-state index contributed by atoms with van der Waals surface area (Å²) in [7, 11) is 0. The molecule has 3 nitrogen and oxygen atoms in total. The number of hydrogen-bond acceptors (Lipinski definition) is 3. The average molecular weight is 294 g/mol. The van der Waals surface area contributed by atoms with Crippen molar-refractivity contribution >= 4 is 23.4 Å². The highest BCUT2D eigenvalue weighted by Crippen LogP contribution is 2.15. The number of benzene rings is 1. The highest BCUT2D eigenvalue weighted by molar-refractivity contribution is 7.98. The summed E-state index contributed by atoms with van der Waals surface area (Å²) in [4.78, 5) is 12.2. The third-order valence-corrected chi connectivity index (χ3v) is 3.83. The van der Waals surface area contributed by atoms with E-state index in [1.807, 2.05) is 25.1 Å². The van der Waals surface area contributed by atoms with Crippen LogP contribution in [0.15, 0.2) is 18.2 Å². The Balaban J connectivity index is 2.64. The number of thioether (sulfide) groups is 1. The Labute approximate surface area is 126 Å². The molecule has 0 fully saturated rings. The Morgan fingerprint density at radius 2 is 2.15 bits per heavy atom. The number of nitrogens with one attached hydrogen (secondary N) is 2. The molecule has 20 heavy (non-hydrogen) atoms. The molecule has 1 unspecified atom stereocenters. The summed E-state index contributed by atoms with van der Waals surface area (Å²) in [6.07, 6.45) is 4.18.